The molecule has 0 aliphatic rings. The lowest BCUT2D eigenvalue weighted by Crippen LogP contribution is -2.08. The summed E-state index contributed by atoms with van der Waals surface area (Å²) in [5.74, 6) is -1.69. The van der Waals surface area contributed by atoms with E-state index in [1.807, 2.05) is 0 Å². The fraction of sp³-hybridized carbons (Fsp3) is 0.750. The summed E-state index contributed by atoms with van der Waals surface area (Å²) in [6, 6.07) is 0. The van der Waals surface area contributed by atoms with Gasteiger partial charge >= 0.3 is 11.9 Å². The lowest BCUT2D eigenvalue weighted by Gasteiger charge is -2.04. The van der Waals surface area contributed by atoms with Crippen LogP contribution >= 0.6 is 0 Å². The van der Waals surface area contributed by atoms with Gasteiger partial charge in [0.1, 0.15) is 0 Å². The van der Waals surface area contributed by atoms with E-state index in [1.54, 1.807) is 20.8 Å². The summed E-state index contributed by atoms with van der Waals surface area (Å²) in [5.41, 5.74) is 0.813. The highest BCUT2D eigenvalue weighted by molar-refractivity contribution is 5.80. The van der Waals surface area contributed by atoms with Crippen LogP contribution in [0.25, 0.3) is 0 Å². The van der Waals surface area contributed by atoms with E-state index in [1.165, 1.54) is 38.2 Å². The number of allylic oxidation sites excluding steroid dienone is 1. The second kappa shape index (κ2) is 14.1. The Morgan fingerprint density at radius 1 is 1.00 bits per heavy atom. The minimum Gasteiger partial charge on any atom is -0.481 e. The maximum absolute atomic E-state index is 10.5. The normalized spacial score (nSPS) is 11.0. The highest BCUT2D eigenvalue weighted by atomic mass is 16.4. The molecule has 118 valence electrons. The maximum atomic E-state index is 10.5. The lowest BCUT2D eigenvalue weighted by molar-refractivity contribution is -0.141. The molecule has 0 bridgehead atoms. The Bertz CT molecular complexity index is 291. The lowest BCUT2D eigenvalue weighted by atomic mass is 10.0. The maximum Gasteiger partial charge on any atom is 0.328 e. The van der Waals surface area contributed by atoms with Crippen molar-refractivity contribution >= 4 is 11.9 Å². The van der Waals surface area contributed by atoms with Crippen LogP contribution in [-0.2, 0) is 9.59 Å². The molecule has 4 heteroatoms. The zero-order valence-electron chi connectivity index (χ0n) is 13.3. The van der Waals surface area contributed by atoms with Crippen LogP contribution in [0.5, 0.6) is 0 Å². The van der Waals surface area contributed by atoms with E-state index in [-0.39, 0.29) is 5.92 Å². The standard InChI is InChI=1S/C11H22O2.C5H8O2/c1-3-4-5-6-7-8-9-10(2)11(12)13;1-4(2)3-5(6)7/h10H,3-9H2,1-2H3,(H,12,13);3H,1-2H3,(H,6,7). The molecule has 0 heterocycles. The van der Waals surface area contributed by atoms with Crippen LogP contribution in [0, 0.1) is 5.92 Å². The average molecular weight is 286 g/mol. The molecule has 0 radical (unpaired) electrons. The van der Waals surface area contributed by atoms with Gasteiger partial charge in [-0.1, -0.05) is 57.9 Å². The summed E-state index contributed by atoms with van der Waals surface area (Å²) in [6.45, 7) is 7.48. The first-order chi connectivity index (χ1) is 9.31. The summed E-state index contributed by atoms with van der Waals surface area (Å²) in [6.07, 6.45) is 9.41. The SMILES string of the molecule is CC(C)=CC(=O)O.CCCCCCCCC(C)C(=O)O. The van der Waals surface area contributed by atoms with Crippen molar-refractivity contribution in [2.24, 2.45) is 5.92 Å². The molecule has 0 aliphatic carbocycles. The Balaban J connectivity index is 0. The molecule has 2 N–H and O–H groups in total. The van der Waals surface area contributed by atoms with Gasteiger partial charge in [-0.05, 0) is 20.3 Å². The van der Waals surface area contributed by atoms with E-state index in [9.17, 15) is 9.59 Å². The van der Waals surface area contributed by atoms with E-state index in [4.69, 9.17) is 10.2 Å². The number of aliphatic carboxylic acids is 2. The minimum atomic E-state index is -0.875. The monoisotopic (exact) mass is 286 g/mol. The van der Waals surface area contributed by atoms with Crippen LogP contribution in [0.3, 0.4) is 0 Å². The highest BCUT2D eigenvalue weighted by Gasteiger charge is 2.09. The van der Waals surface area contributed by atoms with Crippen molar-refractivity contribution in [2.75, 3.05) is 0 Å². The van der Waals surface area contributed by atoms with Crippen molar-refractivity contribution in [1.29, 1.82) is 0 Å². The number of rotatable bonds is 9. The van der Waals surface area contributed by atoms with Crippen molar-refractivity contribution in [1.82, 2.24) is 0 Å². The number of carboxylic acids is 2. The van der Waals surface area contributed by atoms with Gasteiger partial charge in [0, 0.05) is 6.08 Å². The summed E-state index contributed by atoms with van der Waals surface area (Å²) in [4.78, 5) is 20.2. The van der Waals surface area contributed by atoms with Crippen molar-refractivity contribution in [3.8, 4) is 0 Å². The molecule has 0 amide bonds. The molecule has 4 nitrogen and oxygen atoms in total. The third kappa shape index (κ3) is 19.0. The van der Waals surface area contributed by atoms with Gasteiger partial charge in [0.25, 0.3) is 0 Å². The predicted octanol–water partition coefficient (Wildman–Crippen LogP) is 4.49. The largest absolute Gasteiger partial charge is 0.481 e. The number of unbranched alkanes of at least 4 members (excludes halogenated alkanes) is 5. The molecule has 0 aromatic heterocycles. The predicted molar refractivity (Wildman–Crippen MR) is 81.9 cm³/mol. The first-order valence-corrected chi connectivity index (χ1v) is 7.41. The van der Waals surface area contributed by atoms with Crippen molar-refractivity contribution in [3.63, 3.8) is 0 Å². The van der Waals surface area contributed by atoms with Crippen LogP contribution in [0.2, 0.25) is 0 Å². The van der Waals surface area contributed by atoms with Gasteiger partial charge in [-0.3, -0.25) is 4.79 Å². The molecule has 1 atom stereocenters. The summed E-state index contributed by atoms with van der Waals surface area (Å²) < 4.78 is 0. The van der Waals surface area contributed by atoms with E-state index in [2.05, 4.69) is 6.92 Å². The third-order valence-corrected chi connectivity index (χ3v) is 2.82. The number of hydrogen-bond acceptors (Lipinski definition) is 2. The first kappa shape index (κ1) is 21.0. The summed E-state index contributed by atoms with van der Waals surface area (Å²) >= 11 is 0. The molecule has 0 aromatic carbocycles. The Morgan fingerprint density at radius 3 is 1.85 bits per heavy atom. The van der Waals surface area contributed by atoms with Gasteiger partial charge in [-0.2, -0.15) is 0 Å². The molecule has 1 unspecified atom stereocenters. The van der Waals surface area contributed by atoms with Crippen LogP contribution in [0.1, 0.15) is 72.6 Å². The van der Waals surface area contributed by atoms with Crippen LogP contribution in [-0.4, -0.2) is 22.2 Å². The second-order valence-corrected chi connectivity index (χ2v) is 5.36. The molecular weight excluding hydrogens is 256 g/mol. The van der Waals surface area contributed by atoms with Gasteiger partial charge < -0.3 is 10.2 Å². The second-order valence-electron chi connectivity index (χ2n) is 5.36. The molecular formula is C16H30O4. The molecule has 0 fully saturated rings. The molecule has 0 spiro atoms. The van der Waals surface area contributed by atoms with Crippen molar-refractivity contribution in [2.45, 2.75) is 72.6 Å². The van der Waals surface area contributed by atoms with E-state index in [0.29, 0.717) is 0 Å². The average Bonchev–Trinajstić information content (AvgIpc) is 2.32. The fourth-order valence-corrected chi connectivity index (χ4v) is 1.60. The molecule has 20 heavy (non-hydrogen) atoms. The Kier molecular flexibility index (Phi) is 14.8. The van der Waals surface area contributed by atoms with Crippen molar-refractivity contribution < 1.29 is 19.8 Å². The Labute approximate surface area is 122 Å². The molecule has 0 rings (SSSR count). The zero-order valence-corrected chi connectivity index (χ0v) is 13.3. The summed E-state index contributed by atoms with van der Waals surface area (Å²) in [5, 5.41) is 16.6. The quantitative estimate of drug-likeness (QED) is 0.483. The van der Waals surface area contributed by atoms with Gasteiger partial charge in [-0.25, -0.2) is 4.79 Å². The van der Waals surface area contributed by atoms with Crippen LogP contribution in [0.15, 0.2) is 11.6 Å². The number of carboxylic acid groups (broad SMARTS) is 2. The molecule has 0 saturated carbocycles. The minimum absolute atomic E-state index is 0.161. The van der Waals surface area contributed by atoms with Crippen molar-refractivity contribution in [3.05, 3.63) is 11.6 Å². The Hall–Kier alpha value is -1.32. The molecule has 0 saturated heterocycles. The van der Waals surface area contributed by atoms with Crippen LogP contribution < -0.4 is 0 Å². The van der Waals surface area contributed by atoms with Gasteiger partial charge in [-0.15, -0.1) is 0 Å². The fourth-order valence-electron chi connectivity index (χ4n) is 1.60. The third-order valence-electron chi connectivity index (χ3n) is 2.82. The smallest absolute Gasteiger partial charge is 0.328 e. The van der Waals surface area contributed by atoms with E-state index < -0.39 is 11.9 Å². The van der Waals surface area contributed by atoms with Gasteiger partial charge in [0.2, 0.25) is 0 Å². The zero-order chi connectivity index (χ0) is 16.0. The van der Waals surface area contributed by atoms with E-state index in [0.717, 1.165) is 18.4 Å². The molecule has 0 aliphatic heterocycles. The Morgan fingerprint density at radius 2 is 1.50 bits per heavy atom. The van der Waals surface area contributed by atoms with Gasteiger partial charge in [0.05, 0.1) is 5.92 Å². The molecule has 0 aromatic rings. The van der Waals surface area contributed by atoms with Crippen LogP contribution in [0.4, 0.5) is 0 Å². The summed E-state index contributed by atoms with van der Waals surface area (Å²) in [7, 11) is 0. The van der Waals surface area contributed by atoms with E-state index >= 15 is 0 Å². The topological polar surface area (TPSA) is 74.6 Å². The van der Waals surface area contributed by atoms with Gasteiger partial charge in [0.15, 0.2) is 0 Å². The number of hydrogen-bond donors (Lipinski definition) is 2. The number of carbonyl (C=O) groups is 2. The first-order valence-electron chi connectivity index (χ1n) is 7.41. The highest BCUT2D eigenvalue weighted by Crippen LogP contribution is 2.11.